The Balaban J connectivity index is 1.82. The van der Waals surface area contributed by atoms with E-state index in [0.717, 1.165) is 19.0 Å². The Hall–Kier alpha value is -1.02. The van der Waals surface area contributed by atoms with E-state index in [4.69, 9.17) is 5.11 Å². The van der Waals surface area contributed by atoms with Gasteiger partial charge >= 0.3 is 0 Å². The van der Waals surface area contributed by atoms with Crippen molar-refractivity contribution < 1.29 is 5.11 Å². The van der Waals surface area contributed by atoms with Crippen LogP contribution in [0.15, 0.2) is 24.3 Å². The molecule has 0 spiro atoms. The zero-order valence-electron chi connectivity index (χ0n) is 8.61. The van der Waals surface area contributed by atoms with Crippen molar-refractivity contribution in [1.82, 2.24) is 4.90 Å². The van der Waals surface area contributed by atoms with Crippen LogP contribution in [0, 0.1) is 0 Å². The summed E-state index contributed by atoms with van der Waals surface area (Å²) >= 11 is 0. The second kappa shape index (κ2) is 4.01. The van der Waals surface area contributed by atoms with Crippen molar-refractivity contribution in [2.45, 2.75) is 25.3 Å². The molecular formula is C12H17NO. The van der Waals surface area contributed by atoms with Crippen molar-refractivity contribution >= 4 is 0 Å². The van der Waals surface area contributed by atoms with Crippen LogP contribution in [0.2, 0.25) is 0 Å². The number of nitrogens with zero attached hydrogens (tertiary/aromatic N) is 1. The molecule has 0 unspecified atom stereocenters. The monoisotopic (exact) mass is 191 g/mol. The molecule has 0 saturated heterocycles. The van der Waals surface area contributed by atoms with Gasteiger partial charge in [-0.25, -0.2) is 0 Å². The lowest BCUT2D eigenvalue weighted by molar-refractivity contribution is 0.328. The molecule has 1 N–H and O–H groups in total. The predicted octanol–water partition coefficient (Wildman–Crippen LogP) is 2.03. The summed E-state index contributed by atoms with van der Waals surface area (Å²) < 4.78 is 0. The van der Waals surface area contributed by atoms with E-state index in [1.165, 1.54) is 18.4 Å². The van der Waals surface area contributed by atoms with E-state index in [1.54, 1.807) is 12.1 Å². The van der Waals surface area contributed by atoms with Gasteiger partial charge in [-0.2, -0.15) is 0 Å². The molecule has 0 amide bonds. The zero-order valence-corrected chi connectivity index (χ0v) is 8.61. The van der Waals surface area contributed by atoms with Crippen molar-refractivity contribution in [3.63, 3.8) is 0 Å². The second-order valence-corrected chi connectivity index (χ2v) is 4.13. The molecule has 0 radical (unpaired) electrons. The van der Waals surface area contributed by atoms with Gasteiger partial charge in [0.25, 0.3) is 0 Å². The molecule has 1 aromatic rings. The number of likely N-dealkylation sites (N-methyl/N-ethyl adjacent to an activating group) is 1. The van der Waals surface area contributed by atoms with Gasteiger partial charge in [0.05, 0.1) is 0 Å². The van der Waals surface area contributed by atoms with Crippen molar-refractivity contribution in [3.8, 4) is 5.75 Å². The molecule has 0 atom stereocenters. The maximum atomic E-state index is 9.12. The predicted molar refractivity (Wildman–Crippen MR) is 57.5 cm³/mol. The van der Waals surface area contributed by atoms with Crippen molar-refractivity contribution in [3.05, 3.63) is 29.8 Å². The number of aromatic hydroxyl groups is 1. The maximum absolute atomic E-state index is 9.12. The zero-order chi connectivity index (χ0) is 9.97. The Morgan fingerprint density at radius 1 is 1.29 bits per heavy atom. The molecule has 2 nitrogen and oxygen atoms in total. The van der Waals surface area contributed by atoms with E-state index >= 15 is 0 Å². The highest BCUT2D eigenvalue weighted by Crippen LogP contribution is 2.25. The summed E-state index contributed by atoms with van der Waals surface area (Å²) in [5, 5.41) is 9.12. The van der Waals surface area contributed by atoms with Crippen LogP contribution >= 0.6 is 0 Å². The smallest absolute Gasteiger partial charge is 0.115 e. The fourth-order valence-corrected chi connectivity index (χ4v) is 1.67. The number of rotatable bonds is 4. The SMILES string of the molecule is CN(CCc1ccc(O)cc1)C1CC1. The quantitative estimate of drug-likeness (QED) is 0.787. The largest absolute Gasteiger partial charge is 0.508 e. The van der Waals surface area contributed by atoms with Gasteiger partial charge in [-0.1, -0.05) is 12.1 Å². The van der Waals surface area contributed by atoms with Crippen LogP contribution in [-0.4, -0.2) is 29.6 Å². The first-order chi connectivity index (χ1) is 6.75. The number of benzene rings is 1. The van der Waals surface area contributed by atoms with Crippen LogP contribution in [0.25, 0.3) is 0 Å². The van der Waals surface area contributed by atoms with Gasteiger partial charge < -0.3 is 10.0 Å². The van der Waals surface area contributed by atoms with Gasteiger partial charge in [-0.15, -0.1) is 0 Å². The van der Waals surface area contributed by atoms with Crippen molar-refractivity contribution in [2.75, 3.05) is 13.6 Å². The molecule has 2 heteroatoms. The normalized spacial score (nSPS) is 16.1. The fraction of sp³-hybridized carbons (Fsp3) is 0.500. The molecule has 0 aromatic heterocycles. The first kappa shape index (κ1) is 9.53. The van der Waals surface area contributed by atoms with Gasteiger partial charge in [-0.3, -0.25) is 0 Å². The summed E-state index contributed by atoms with van der Waals surface area (Å²) in [4.78, 5) is 2.42. The molecule has 2 rings (SSSR count). The topological polar surface area (TPSA) is 23.5 Å². The summed E-state index contributed by atoms with van der Waals surface area (Å²) in [6.07, 6.45) is 3.81. The third-order valence-electron chi connectivity index (χ3n) is 2.86. The highest BCUT2D eigenvalue weighted by atomic mass is 16.3. The van der Waals surface area contributed by atoms with Crippen LogP contribution in [0.5, 0.6) is 5.75 Å². The lowest BCUT2D eigenvalue weighted by Crippen LogP contribution is -2.23. The van der Waals surface area contributed by atoms with E-state index in [0.29, 0.717) is 5.75 Å². The third-order valence-corrected chi connectivity index (χ3v) is 2.86. The number of hydrogen-bond acceptors (Lipinski definition) is 2. The number of phenolic OH excluding ortho intramolecular Hbond substituents is 1. The highest BCUT2D eigenvalue weighted by molar-refractivity contribution is 5.26. The summed E-state index contributed by atoms with van der Waals surface area (Å²) in [5.41, 5.74) is 1.30. The number of hydrogen-bond donors (Lipinski definition) is 1. The molecular weight excluding hydrogens is 174 g/mol. The van der Waals surface area contributed by atoms with E-state index < -0.39 is 0 Å². The molecule has 0 aliphatic heterocycles. The first-order valence-electron chi connectivity index (χ1n) is 5.24. The molecule has 0 heterocycles. The van der Waals surface area contributed by atoms with E-state index in [-0.39, 0.29) is 0 Å². The molecule has 1 aromatic carbocycles. The molecule has 76 valence electrons. The van der Waals surface area contributed by atoms with Gasteiger partial charge in [0.15, 0.2) is 0 Å². The minimum Gasteiger partial charge on any atom is -0.508 e. The maximum Gasteiger partial charge on any atom is 0.115 e. The third kappa shape index (κ3) is 2.48. The lowest BCUT2D eigenvalue weighted by atomic mass is 10.1. The Morgan fingerprint density at radius 2 is 1.93 bits per heavy atom. The Morgan fingerprint density at radius 3 is 2.50 bits per heavy atom. The van der Waals surface area contributed by atoms with Crippen molar-refractivity contribution in [2.24, 2.45) is 0 Å². The molecule has 1 fully saturated rings. The Kier molecular flexibility index (Phi) is 2.73. The molecule has 1 aliphatic carbocycles. The summed E-state index contributed by atoms with van der Waals surface area (Å²) in [6.45, 7) is 1.12. The molecule has 1 saturated carbocycles. The van der Waals surface area contributed by atoms with Crippen LogP contribution in [0.1, 0.15) is 18.4 Å². The average Bonchev–Trinajstić information content (AvgIpc) is 3.00. The summed E-state index contributed by atoms with van der Waals surface area (Å²) in [6, 6.07) is 8.34. The Bertz CT molecular complexity index is 290. The van der Waals surface area contributed by atoms with E-state index in [9.17, 15) is 0 Å². The highest BCUT2D eigenvalue weighted by Gasteiger charge is 2.25. The standard InChI is InChI=1S/C12H17NO/c1-13(11-4-5-11)9-8-10-2-6-12(14)7-3-10/h2-3,6-7,11,14H,4-5,8-9H2,1H3. The van der Waals surface area contributed by atoms with E-state index in [2.05, 4.69) is 11.9 Å². The van der Waals surface area contributed by atoms with Crippen LogP contribution < -0.4 is 0 Å². The second-order valence-electron chi connectivity index (χ2n) is 4.13. The van der Waals surface area contributed by atoms with Crippen molar-refractivity contribution in [1.29, 1.82) is 0 Å². The lowest BCUT2D eigenvalue weighted by Gasteiger charge is -2.15. The molecule has 0 bridgehead atoms. The summed E-state index contributed by atoms with van der Waals surface area (Å²) in [7, 11) is 2.19. The summed E-state index contributed by atoms with van der Waals surface area (Å²) in [5.74, 6) is 0.351. The van der Waals surface area contributed by atoms with Crippen LogP contribution in [-0.2, 0) is 6.42 Å². The molecule has 1 aliphatic rings. The van der Waals surface area contributed by atoms with Gasteiger partial charge in [0.2, 0.25) is 0 Å². The first-order valence-corrected chi connectivity index (χ1v) is 5.24. The van der Waals surface area contributed by atoms with Crippen LogP contribution in [0.3, 0.4) is 0 Å². The van der Waals surface area contributed by atoms with Gasteiger partial charge in [0, 0.05) is 12.6 Å². The minimum absolute atomic E-state index is 0.351. The van der Waals surface area contributed by atoms with E-state index in [1.807, 2.05) is 12.1 Å². The van der Waals surface area contributed by atoms with Gasteiger partial charge in [0.1, 0.15) is 5.75 Å². The Labute approximate surface area is 85.2 Å². The molecule has 14 heavy (non-hydrogen) atoms. The average molecular weight is 191 g/mol. The van der Waals surface area contributed by atoms with Gasteiger partial charge in [-0.05, 0) is 44.0 Å². The minimum atomic E-state index is 0.351. The number of phenols is 1. The fourth-order valence-electron chi connectivity index (χ4n) is 1.67. The van der Waals surface area contributed by atoms with Crippen LogP contribution in [0.4, 0.5) is 0 Å².